The lowest BCUT2D eigenvalue weighted by atomic mass is 10.1. The molecule has 2 rings (SSSR count). The number of carbonyl (C=O) groups is 1. The first-order valence-corrected chi connectivity index (χ1v) is 10.3. The molecule has 1 aromatic carbocycles. The largest absolute Gasteiger partial charge is 0.459 e. The van der Waals surface area contributed by atoms with Crippen LogP contribution >= 0.6 is 15.9 Å². The monoisotopic (exact) mass is 441 g/mol. The van der Waals surface area contributed by atoms with Crippen molar-refractivity contribution in [1.82, 2.24) is 5.43 Å². The third kappa shape index (κ3) is 5.18. The van der Waals surface area contributed by atoms with E-state index in [0.717, 1.165) is 26.2 Å². The van der Waals surface area contributed by atoms with Crippen LogP contribution in [0.25, 0.3) is 0 Å². The first-order chi connectivity index (χ1) is 12.1. The lowest BCUT2D eigenvalue weighted by Gasteiger charge is -2.23. The first-order valence-electron chi connectivity index (χ1n) is 7.70. The van der Waals surface area contributed by atoms with Crippen molar-refractivity contribution in [3.05, 3.63) is 51.4 Å². The van der Waals surface area contributed by atoms with Crippen molar-refractivity contribution in [2.24, 2.45) is 5.10 Å². The summed E-state index contributed by atoms with van der Waals surface area (Å²) in [6.45, 7) is 5.06. The Hall–Kier alpha value is -2.13. The maximum atomic E-state index is 12.2. The van der Waals surface area contributed by atoms with Crippen LogP contribution in [0.3, 0.4) is 0 Å². The van der Waals surface area contributed by atoms with Crippen LogP contribution in [0.4, 0.5) is 5.69 Å². The van der Waals surface area contributed by atoms with Crippen molar-refractivity contribution >= 4 is 43.8 Å². The number of hydrogen-bond acceptors (Lipinski definition) is 5. The van der Waals surface area contributed by atoms with Gasteiger partial charge in [0, 0.05) is 6.07 Å². The Morgan fingerprint density at radius 2 is 2.00 bits per heavy atom. The SMILES string of the molecule is Cc1ccc(C)c(N(CC(=O)NN=Cc2cc(Br)c(C)o2)S(C)(=O)=O)c1. The summed E-state index contributed by atoms with van der Waals surface area (Å²) in [6.07, 6.45) is 2.41. The Balaban J connectivity index is 2.13. The number of amides is 1. The average Bonchev–Trinajstić information content (AvgIpc) is 2.85. The summed E-state index contributed by atoms with van der Waals surface area (Å²) in [4.78, 5) is 12.2. The minimum absolute atomic E-state index is 0.374. The molecule has 0 atom stereocenters. The molecule has 0 fully saturated rings. The third-order valence-electron chi connectivity index (χ3n) is 3.58. The van der Waals surface area contributed by atoms with E-state index in [1.165, 1.54) is 6.21 Å². The topological polar surface area (TPSA) is 92.0 Å². The number of nitrogens with one attached hydrogen (secondary N) is 1. The fraction of sp³-hybridized carbons (Fsp3) is 0.294. The first kappa shape index (κ1) is 20.2. The van der Waals surface area contributed by atoms with E-state index in [1.807, 2.05) is 19.1 Å². The molecule has 0 saturated carbocycles. The minimum atomic E-state index is -3.64. The molecule has 9 heteroatoms. The average molecular weight is 442 g/mol. The second kappa shape index (κ2) is 8.05. The van der Waals surface area contributed by atoms with Crippen molar-refractivity contribution in [1.29, 1.82) is 0 Å². The number of hydrazone groups is 1. The molecule has 0 aliphatic rings. The third-order valence-corrected chi connectivity index (χ3v) is 5.49. The smallest absolute Gasteiger partial charge is 0.260 e. The van der Waals surface area contributed by atoms with Gasteiger partial charge in [-0.25, -0.2) is 13.8 Å². The molecule has 0 aliphatic carbocycles. The molecule has 140 valence electrons. The lowest BCUT2D eigenvalue weighted by molar-refractivity contribution is -0.119. The van der Waals surface area contributed by atoms with E-state index in [9.17, 15) is 13.2 Å². The molecule has 0 aliphatic heterocycles. The van der Waals surface area contributed by atoms with Crippen molar-refractivity contribution < 1.29 is 17.6 Å². The predicted molar refractivity (Wildman–Crippen MR) is 105 cm³/mol. The van der Waals surface area contributed by atoms with Crippen molar-refractivity contribution in [2.45, 2.75) is 20.8 Å². The Labute approximate surface area is 161 Å². The van der Waals surface area contributed by atoms with Crippen LogP contribution in [-0.4, -0.2) is 33.3 Å². The lowest BCUT2D eigenvalue weighted by Crippen LogP contribution is -2.39. The van der Waals surface area contributed by atoms with Crippen molar-refractivity contribution in [3.63, 3.8) is 0 Å². The van der Waals surface area contributed by atoms with Gasteiger partial charge in [-0.2, -0.15) is 5.10 Å². The Bertz CT molecular complexity index is 931. The van der Waals surface area contributed by atoms with E-state index in [0.29, 0.717) is 17.2 Å². The maximum absolute atomic E-state index is 12.2. The zero-order valence-corrected chi connectivity index (χ0v) is 17.3. The van der Waals surface area contributed by atoms with Crippen LogP contribution < -0.4 is 9.73 Å². The summed E-state index contributed by atoms with van der Waals surface area (Å²) in [7, 11) is -3.64. The predicted octanol–water partition coefficient (Wildman–Crippen LogP) is 2.88. The van der Waals surface area contributed by atoms with Gasteiger partial charge in [-0.1, -0.05) is 12.1 Å². The number of benzene rings is 1. The second-order valence-corrected chi connectivity index (χ2v) is 8.67. The molecule has 0 spiro atoms. The Kier molecular flexibility index (Phi) is 6.25. The molecule has 26 heavy (non-hydrogen) atoms. The van der Waals surface area contributed by atoms with Gasteiger partial charge in [-0.05, 0) is 53.9 Å². The molecule has 0 saturated heterocycles. The summed E-state index contributed by atoms with van der Waals surface area (Å²) in [5.41, 5.74) is 4.44. The van der Waals surface area contributed by atoms with Gasteiger partial charge in [-0.3, -0.25) is 9.10 Å². The number of nitrogens with zero attached hydrogens (tertiary/aromatic N) is 2. The van der Waals surface area contributed by atoms with Gasteiger partial charge < -0.3 is 4.42 Å². The van der Waals surface area contributed by atoms with Crippen LogP contribution in [0.15, 0.2) is 38.3 Å². The second-order valence-electron chi connectivity index (χ2n) is 5.91. The van der Waals surface area contributed by atoms with Crippen LogP contribution in [0, 0.1) is 20.8 Å². The van der Waals surface area contributed by atoms with E-state index in [2.05, 4.69) is 26.5 Å². The summed E-state index contributed by atoms with van der Waals surface area (Å²) in [5, 5.41) is 3.80. The minimum Gasteiger partial charge on any atom is -0.459 e. The van der Waals surface area contributed by atoms with E-state index in [1.54, 1.807) is 26.0 Å². The summed E-state index contributed by atoms with van der Waals surface area (Å²) >= 11 is 3.31. The van der Waals surface area contributed by atoms with Crippen LogP contribution in [-0.2, 0) is 14.8 Å². The molecule has 7 nitrogen and oxygen atoms in total. The number of halogens is 1. The van der Waals surface area contributed by atoms with Gasteiger partial charge in [0.05, 0.1) is 22.6 Å². The summed E-state index contributed by atoms with van der Waals surface area (Å²) in [5.74, 6) is 0.593. The number of hydrogen-bond donors (Lipinski definition) is 1. The molecule has 2 aromatic rings. The Morgan fingerprint density at radius 1 is 1.31 bits per heavy atom. The van der Waals surface area contributed by atoms with Gasteiger partial charge in [0.25, 0.3) is 5.91 Å². The van der Waals surface area contributed by atoms with Gasteiger partial charge in [-0.15, -0.1) is 0 Å². The molecule has 0 unspecified atom stereocenters. The molecule has 1 amide bonds. The summed E-state index contributed by atoms with van der Waals surface area (Å²) < 4.78 is 31.5. The molecular weight excluding hydrogens is 422 g/mol. The zero-order valence-electron chi connectivity index (χ0n) is 14.9. The normalized spacial score (nSPS) is 11.7. The molecular formula is C17H20BrN3O4S. The number of carbonyl (C=O) groups excluding carboxylic acids is 1. The zero-order chi connectivity index (χ0) is 19.5. The van der Waals surface area contributed by atoms with Gasteiger partial charge in [0.15, 0.2) is 0 Å². The van der Waals surface area contributed by atoms with Gasteiger partial charge >= 0.3 is 0 Å². The van der Waals surface area contributed by atoms with Crippen molar-refractivity contribution in [2.75, 3.05) is 17.1 Å². The van der Waals surface area contributed by atoms with E-state index >= 15 is 0 Å². The highest BCUT2D eigenvalue weighted by molar-refractivity contribution is 9.10. The molecule has 1 N–H and O–H groups in total. The highest BCUT2D eigenvalue weighted by Crippen LogP contribution is 2.23. The number of furan rings is 1. The van der Waals surface area contributed by atoms with E-state index in [-0.39, 0.29) is 6.54 Å². The molecule has 1 heterocycles. The van der Waals surface area contributed by atoms with Gasteiger partial charge in [0.1, 0.15) is 18.1 Å². The Morgan fingerprint density at radius 3 is 2.58 bits per heavy atom. The van der Waals surface area contributed by atoms with Crippen LogP contribution in [0.5, 0.6) is 0 Å². The number of sulfonamides is 1. The van der Waals surface area contributed by atoms with Crippen LogP contribution in [0.1, 0.15) is 22.6 Å². The molecule has 0 radical (unpaired) electrons. The summed E-state index contributed by atoms with van der Waals surface area (Å²) in [6, 6.07) is 7.14. The van der Waals surface area contributed by atoms with E-state index in [4.69, 9.17) is 4.42 Å². The number of anilines is 1. The van der Waals surface area contributed by atoms with Crippen molar-refractivity contribution in [3.8, 4) is 0 Å². The number of aryl methyl sites for hydroxylation is 3. The van der Waals surface area contributed by atoms with E-state index < -0.39 is 15.9 Å². The van der Waals surface area contributed by atoms with Crippen LogP contribution in [0.2, 0.25) is 0 Å². The number of rotatable bonds is 6. The highest BCUT2D eigenvalue weighted by atomic mass is 79.9. The van der Waals surface area contributed by atoms with Gasteiger partial charge in [0.2, 0.25) is 10.0 Å². The molecule has 0 bridgehead atoms. The quantitative estimate of drug-likeness (QED) is 0.550. The standard InChI is InChI=1S/C17H20BrN3O4S/c1-11-5-6-12(2)16(7-11)21(26(4,23)24)10-17(22)20-19-9-14-8-15(18)13(3)25-14/h5-9H,10H2,1-4H3,(H,20,22). The maximum Gasteiger partial charge on any atom is 0.260 e. The highest BCUT2D eigenvalue weighted by Gasteiger charge is 2.22. The fourth-order valence-electron chi connectivity index (χ4n) is 2.25. The fourth-order valence-corrected chi connectivity index (χ4v) is 3.46. The molecule has 1 aromatic heterocycles.